The van der Waals surface area contributed by atoms with Gasteiger partial charge in [-0.3, -0.25) is 4.79 Å². The average molecular weight is 186 g/mol. The van der Waals surface area contributed by atoms with Crippen LogP contribution in [0.5, 0.6) is 0 Å². The summed E-state index contributed by atoms with van der Waals surface area (Å²) in [7, 11) is 3.69. The van der Waals surface area contributed by atoms with Crippen molar-refractivity contribution < 1.29 is 4.79 Å². The van der Waals surface area contributed by atoms with Crippen LogP contribution in [0.2, 0.25) is 0 Å². The largest absolute Gasteiger partial charge is 0.345 e. The summed E-state index contributed by atoms with van der Waals surface area (Å²) in [5, 5.41) is 3.08. The van der Waals surface area contributed by atoms with Gasteiger partial charge in [0.2, 0.25) is 5.91 Å². The first-order chi connectivity index (χ1) is 6.08. The number of amides is 1. The SMILES string of the molecule is CC[C@H](C)[C@H](NC)C(=O)N(C)CC. The third kappa shape index (κ3) is 3.35. The Morgan fingerprint density at radius 3 is 2.31 bits per heavy atom. The lowest BCUT2D eigenvalue weighted by Gasteiger charge is -2.26. The maximum atomic E-state index is 11.8. The van der Waals surface area contributed by atoms with E-state index in [0.717, 1.165) is 13.0 Å². The molecule has 3 nitrogen and oxygen atoms in total. The van der Waals surface area contributed by atoms with Crippen LogP contribution in [0.4, 0.5) is 0 Å². The van der Waals surface area contributed by atoms with E-state index in [-0.39, 0.29) is 11.9 Å². The lowest BCUT2D eigenvalue weighted by molar-refractivity contribution is -0.133. The van der Waals surface area contributed by atoms with Crippen molar-refractivity contribution in [3.05, 3.63) is 0 Å². The molecule has 0 fully saturated rings. The molecular formula is C10H22N2O. The minimum absolute atomic E-state index is 0.0325. The molecule has 0 spiro atoms. The lowest BCUT2D eigenvalue weighted by atomic mass is 9.98. The van der Waals surface area contributed by atoms with E-state index in [0.29, 0.717) is 5.92 Å². The number of nitrogens with zero attached hydrogens (tertiary/aromatic N) is 1. The summed E-state index contributed by atoms with van der Waals surface area (Å²) in [6.45, 7) is 6.96. The maximum absolute atomic E-state index is 11.8. The molecule has 78 valence electrons. The zero-order valence-electron chi connectivity index (χ0n) is 9.42. The fraction of sp³-hybridized carbons (Fsp3) is 0.900. The Morgan fingerprint density at radius 1 is 1.46 bits per heavy atom. The molecule has 0 aromatic heterocycles. The number of likely N-dealkylation sites (N-methyl/N-ethyl adjacent to an activating group) is 2. The van der Waals surface area contributed by atoms with Gasteiger partial charge >= 0.3 is 0 Å². The Morgan fingerprint density at radius 2 is 2.00 bits per heavy atom. The van der Waals surface area contributed by atoms with Gasteiger partial charge in [-0.2, -0.15) is 0 Å². The fourth-order valence-electron chi connectivity index (χ4n) is 1.28. The first kappa shape index (κ1) is 12.4. The van der Waals surface area contributed by atoms with Crippen molar-refractivity contribution in [2.45, 2.75) is 33.2 Å². The Kier molecular flexibility index (Phi) is 5.71. The minimum atomic E-state index is -0.0325. The summed E-state index contributed by atoms with van der Waals surface area (Å²) in [4.78, 5) is 13.5. The molecule has 0 heterocycles. The van der Waals surface area contributed by atoms with Crippen molar-refractivity contribution in [3.63, 3.8) is 0 Å². The van der Waals surface area contributed by atoms with Crippen molar-refractivity contribution in [2.75, 3.05) is 20.6 Å². The zero-order valence-corrected chi connectivity index (χ0v) is 9.42. The molecule has 0 unspecified atom stereocenters. The van der Waals surface area contributed by atoms with E-state index in [1.807, 2.05) is 21.0 Å². The van der Waals surface area contributed by atoms with Gasteiger partial charge < -0.3 is 10.2 Å². The highest BCUT2D eigenvalue weighted by Crippen LogP contribution is 2.09. The molecule has 0 radical (unpaired) electrons. The molecule has 3 heteroatoms. The topological polar surface area (TPSA) is 32.3 Å². The summed E-state index contributed by atoms with van der Waals surface area (Å²) in [5.74, 6) is 0.589. The second-order valence-corrected chi connectivity index (χ2v) is 3.50. The van der Waals surface area contributed by atoms with Crippen molar-refractivity contribution in [1.29, 1.82) is 0 Å². The van der Waals surface area contributed by atoms with E-state index >= 15 is 0 Å². The Bertz CT molecular complexity index is 159. The second-order valence-electron chi connectivity index (χ2n) is 3.50. The quantitative estimate of drug-likeness (QED) is 0.697. The standard InChI is InChI=1S/C10H22N2O/c1-6-8(3)9(11-4)10(13)12(5)7-2/h8-9,11H,6-7H2,1-5H3/t8-,9-/m0/s1. The smallest absolute Gasteiger partial charge is 0.239 e. The summed E-state index contributed by atoms with van der Waals surface area (Å²) >= 11 is 0. The van der Waals surface area contributed by atoms with Gasteiger partial charge in [0.05, 0.1) is 6.04 Å². The summed E-state index contributed by atoms with van der Waals surface area (Å²) in [5.41, 5.74) is 0. The average Bonchev–Trinajstić information content (AvgIpc) is 2.17. The zero-order chi connectivity index (χ0) is 10.4. The third-order valence-electron chi connectivity index (χ3n) is 2.64. The number of rotatable bonds is 5. The van der Waals surface area contributed by atoms with Gasteiger partial charge in [0, 0.05) is 13.6 Å². The Hall–Kier alpha value is -0.570. The highest BCUT2D eigenvalue weighted by Gasteiger charge is 2.23. The van der Waals surface area contributed by atoms with Gasteiger partial charge in [0.1, 0.15) is 0 Å². The van der Waals surface area contributed by atoms with Gasteiger partial charge in [-0.25, -0.2) is 0 Å². The van der Waals surface area contributed by atoms with Gasteiger partial charge in [-0.15, -0.1) is 0 Å². The van der Waals surface area contributed by atoms with Crippen LogP contribution in [0.1, 0.15) is 27.2 Å². The van der Waals surface area contributed by atoms with Crippen LogP contribution in [-0.4, -0.2) is 37.5 Å². The van der Waals surface area contributed by atoms with E-state index in [9.17, 15) is 4.79 Å². The lowest BCUT2D eigenvalue weighted by Crippen LogP contribution is -2.47. The maximum Gasteiger partial charge on any atom is 0.239 e. The molecule has 0 saturated heterocycles. The predicted molar refractivity (Wildman–Crippen MR) is 55.6 cm³/mol. The summed E-state index contributed by atoms with van der Waals surface area (Å²) < 4.78 is 0. The molecule has 0 rings (SSSR count). The Labute approximate surface area is 81.5 Å². The normalized spacial score (nSPS) is 15.2. The van der Waals surface area contributed by atoms with Gasteiger partial charge in [-0.05, 0) is 19.9 Å². The van der Waals surface area contributed by atoms with Gasteiger partial charge in [0.25, 0.3) is 0 Å². The molecule has 0 aliphatic rings. The number of hydrogen-bond donors (Lipinski definition) is 1. The molecule has 1 amide bonds. The summed E-state index contributed by atoms with van der Waals surface area (Å²) in [6.07, 6.45) is 1.02. The fourth-order valence-corrected chi connectivity index (χ4v) is 1.28. The molecule has 13 heavy (non-hydrogen) atoms. The van der Waals surface area contributed by atoms with E-state index in [2.05, 4.69) is 19.2 Å². The minimum Gasteiger partial charge on any atom is -0.345 e. The van der Waals surface area contributed by atoms with Gasteiger partial charge in [0.15, 0.2) is 0 Å². The van der Waals surface area contributed by atoms with Crippen LogP contribution in [0, 0.1) is 5.92 Å². The Balaban J connectivity index is 4.31. The molecule has 0 aliphatic carbocycles. The molecule has 0 bridgehead atoms. The van der Waals surface area contributed by atoms with E-state index in [4.69, 9.17) is 0 Å². The van der Waals surface area contributed by atoms with E-state index in [1.165, 1.54) is 0 Å². The number of carbonyl (C=O) groups excluding carboxylic acids is 1. The van der Waals surface area contributed by atoms with Crippen LogP contribution in [0.25, 0.3) is 0 Å². The van der Waals surface area contributed by atoms with E-state index < -0.39 is 0 Å². The second kappa shape index (κ2) is 5.97. The molecule has 0 aliphatic heterocycles. The highest BCUT2D eigenvalue weighted by molar-refractivity contribution is 5.81. The summed E-state index contributed by atoms with van der Waals surface area (Å²) in [6, 6.07) is -0.0325. The molecule has 0 saturated carbocycles. The van der Waals surface area contributed by atoms with Gasteiger partial charge in [-0.1, -0.05) is 20.3 Å². The first-order valence-electron chi connectivity index (χ1n) is 5.00. The first-order valence-corrected chi connectivity index (χ1v) is 5.00. The van der Waals surface area contributed by atoms with Crippen LogP contribution in [-0.2, 0) is 4.79 Å². The van der Waals surface area contributed by atoms with Crippen LogP contribution >= 0.6 is 0 Å². The number of carbonyl (C=O) groups is 1. The van der Waals surface area contributed by atoms with Crippen molar-refractivity contribution in [1.82, 2.24) is 10.2 Å². The molecular weight excluding hydrogens is 164 g/mol. The van der Waals surface area contributed by atoms with Crippen molar-refractivity contribution in [2.24, 2.45) is 5.92 Å². The highest BCUT2D eigenvalue weighted by atomic mass is 16.2. The van der Waals surface area contributed by atoms with Crippen LogP contribution in [0.15, 0.2) is 0 Å². The van der Waals surface area contributed by atoms with Crippen LogP contribution < -0.4 is 5.32 Å². The predicted octanol–water partition coefficient (Wildman–Crippen LogP) is 1.10. The monoisotopic (exact) mass is 186 g/mol. The molecule has 0 aromatic carbocycles. The molecule has 0 aromatic rings. The number of nitrogens with one attached hydrogen (secondary N) is 1. The molecule has 1 N–H and O–H groups in total. The van der Waals surface area contributed by atoms with Crippen molar-refractivity contribution >= 4 is 5.91 Å². The third-order valence-corrected chi connectivity index (χ3v) is 2.64. The van der Waals surface area contributed by atoms with Crippen LogP contribution in [0.3, 0.4) is 0 Å². The number of hydrogen-bond acceptors (Lipinski definition) is 2. The van der Waals surface area contributed by atoms with E-state index in [1.54, 1.807) is 4.90 Å². The van der Waals surface area contributed by atoms with Crippen molar-refractivity contribution in [3.8, 4) is 0 Å². The molecule has 2 atom stereocenters.